The van der Waals surface area contributed by atoms with Crippen molar-refractivity contribution in [2.75, 3.05) is 6.79 Å². The van der Waals surface area contributed by atoms with E-state index in [1.807, 2.05) is 18.2 Å². The van der Waals surface area contributed by atoms with Crippen LogP contribution in [0.3, 0.4) is 0 Å². The van der Waals surface area contributed by atoms with E-state index in [-0.39, 0.29) is 12.6 Å². The van der Waals surface area contributed by atoms with Crippen LogP contribution >= 0.6 is 0 Å². The van der Waals surface area contributed by atoms with Gasteiger partial charge >= 0.3 is 0 Å². The fraction of sp³-hybridized carbons (Fsp3) is 0.143. The second-order valence-corrected chi connectivity index (χ2v) is 4.34. The number of hydrogen-bond donors (Lipinski definition) is 2. The van der Waals surface area contributed by atoms with Gasteiger partial charge in [0.15, 0.2) is 17.3 Å². The molecular formula is C14H13N3O4. The molecule has 0 unspecified atom stereocenters. The molecule has 2 heterocycles. The normalized spacial score (nSPS) is 13.2. The molecule has 2 aromatic rings. The summed E-state index contributed by atoms with van der Waals surface area (Å²) in [5.74, 6) is 1.95. The largest absolute Gasteiger partial charge is 0.489 e. The molecule has 1 aromatic carbocycles. The molecule has 1 aliphatic rings. The third-order valence-electron chi connectivity index (χ3n) is 2.94. The Kier molecular flexibility index (Phi) is 3.46. The predicted molar refractivity (Wildman–Crippen MR) is 73.6 cm³/mol. The van der Waals surface area contributed by atoms with Crippen LogP contribution < -0.4 is 19.9 Å². The van der Waals surface area contributed by atoms with Crippen LogP contribution in [0.15, 0.2) is 41.7 Å². The van der Waals surface area contributed by atoms with Crippen molar-refractivity contribution in [1.82, 2.24) is 4.98 Å². The zero-order valence-corrected chi connectivity index (χ0v) is 11.0. The van der Waals surface area contributed by atoms with E-state index < -0.39 is 0 Å². The smallest absolute Gasteiger partial charge is 0.231 e. The number of pyridine rings is 1. The molecule has 0 atom stereocenters. The van der Waals surface area contributed by atoms with Crippen LogP contribution in [0.2, 0.25) is 0 Å². The number of aromatic nitrogens is 1. The molecule has 0 bridgehead atoms. The Bertz CT molecular complexity index is 688. The highest BCUT2D eigenvalue weighted by atomic mass is 16.7. The van der Waals surface area contributed by atoms with Gasteiger partial charge in [0, 0.05) is 12.3 Å². The van der Waals surface area contributed by atoms with Crippen molar-refractivity contribution in [3.63, 3.8) is 0 Å². The van der Waals surface area contributed by atoms with Crippen molar-refractivity contribution in [2.24, 2.45) is 10.9 Å². The first-order chi connectivity index (χ1) is 10.3. The molecule has 1 aliphatic heterocycles. The molecule has 108 valence electrons. The maximum atomic E-state index is 8.63. The monoisotopic (exact) mass is 287 g/mol. The van der Waals surface area contributed by atoms with E-state index in [0.717, 1.165) is 11.3 Å². The summed E-state index contributed by atoms with van der Waals surface area (Å²) in [6, 6.07) is 8.91. The van der Waals surface area contributed by atoms with Crippen molar-refractivity contribution < 1.29 is 19.4 Å². The molecule has 1 aromatic heterocycles. The van der Waals surface area contributed by atoms with Crippen LogP contribution in [-0.4, -0.2) is 22.8 Å². The van der Waals surface area contributed by atoms with Gasteiger partial charge in [0.05, 0.1) is 0 Å². The Hall–Kier alpha value is -2.96. The van der Waals surface area contributed by atoms with Crippen LogP contribution in [0.5, 0.6) is 17.2 Å². The maximum absolute atomic E-state index is 8.63. The van der Waals surface area contributed by atoms with Gasteiger partial charge in [-0.05, 0) is 23.8 Å². The highest BCUT2D eigenvalue weighted by Crippen LogP contribution is 2.32. The summed E-state index contributed by atoms with van der Waals surface area (Å²) in [6.45, 7) is 0.601. The molecule has 0 aliphatic carbocycles. The van der Waals surface area contributed by atoms with Gasteiger partial charge in [-0.15, -0.1) is 0 Å². The van der Waals surface area contributed by atoms with E-state index in [4.69, 9.17) is 25.2 Å². The Morgan fingerprint density at radius 3 is 3.00 bits per heavy atom. The minimum atomic E-state index is -0.0662. The molecule has 0 saturated carbocycles. The zero-order chi connectivity index (χ0) is 14.7. The molecule has 7 heteroatoms. The van der Waals surface area contributed by atoms with Crippen LogP contribution in [0, 0.1) is 0 Å². The third kappa shape index (κ3) is 2.81. The summed E-state index contributed by atoms with van der Waals surface area (Å²) in [4.78, 5) is 3.98. The van der Waals surface area contributed by atoms with Gasteiger partial charge < -0.3 is 25.2 Å². The minimum absolute atomic E-state index is 0.0662. The minimum Gasteiger partial charge on any atom is -0.489 e. The summed E-state index contributed by atoms with van der Waals surface area (Å²) >= 11 is 0. The quantitative estimate of drug-likeness (QED) is 0.382. The van der Waals surface area contributed by atoms with Crippen LogP contribution in [0.1, 0.15) is 11.3 Å². The van der Waals surface area contributed by atoms with E-state index in [0.29, 0.717) is 23.8 Å². The average Bonchev–Trinajstić information content (AvgIpc) is 3.00. The lowest BCUT2D eigenvalue weighted by molar-refractivity contribution is 0.174. The second kappa shape index (κ2) is 5.58. The van der Waals surface area contributed by atoms with Gasteiger partial charge in [0.25, 0.3) is 0 Å². The highest BCUT2D eigenvalue weighted by molar-refractivity contribution is 5.95. The Labute approximate surface area is 120 Å². The maximum Gasteiger partial charge on any atom is 0.231 e. The number of amidine groups is 1. The summed E-state index contributed by atoms with van der Waals surface area (Å²) < 4.78 is 16.2. The number of oxime groups is 1. The fourth-order valence-electron chi connectivity index (χ4n) is 1.89. The first-order valence-corrected chi connectivity index (χ1v) is 6.21. The molecule has 0 saturated heterocycles. The number of hydrogen-bond acceptors (Lipinski definition) is 6. The molecule has 3 N–H and O–H groups in total. The molecule has 0 radical (unpaired) electrons. The molecule has 0 spiro atoms. The lowest BCUT2D eigenvalue weighted by atomic mass is 10.2. The van der Waals surface area contributed by atoms with Crippen molar-refractivity contribution in [2.45, 2.75) is 6.61 Å². The van der Waals surface area contributed by atoms with Crippen molar-refractivity contribution in [1.29, 1.82) is 0 Å². The van der Waals surface area contributed by atoms with Gasteiger partial charge in [-0.1, -0.05) is 11.2 Å². The summed E-state index contributed by atoms with van der Waals surface area (Å²) in [5, 5.41) is 11.5. The number of benzene rings is 1. The third-order valence-corrected chi connectivity index (χ3v) is 2.94. The topological polar surface area (TPSA) is 99.2 Å². The highest BCUT2D eigenvalue weighted by Gasteiger charge is 2.13. The van der Waals surface area contributed by atoms with E-state index in [2.05, 4.69) is 10.1 Å². The second-order valence-electron chi connectivity index (χ2n) is 4.34. The molecule has 21 heavy (non-hydrogen) atoms. The van der Waals surface area contributed by atoms with Gasteiger partial charge in [-0.25, -0.2) is 0 Å². The van der Waals surface area contributed by atoms with E-state index in [9.17, 15) is 0 Å². The Morgan fingerprint density at radius 1 is 1.29 bits per heavy atom. The molecule has 3 rings (SSSR count). The zero-order valence-electron chi connectivity index (χ0n) is 11.0. The molecule has 0 fully saturated rings. The van der Waals surface area contributed by atoms with Gasteiger partial charge in [-0.3, -0.25) is 4.98 Å². The van der Waals surface area contributed by atoms with E-state index >= 15 is 0 Å². The summed E-state index contributed by atoms with van der Waals surface area (Å²) in [6.07, 6.45) is 1.53. The molecular weight excluding hydrogens is 274 g/mol. The number of fused-ring (bicyclic) bond motifs is 1. The summed E-state index contributed by atoms with van der Waals surface area (Å²) in [7, 11) is 0. The summed E-state index contributed by atoms with van der Waals surface area (Å²) in [5.41, 5.74) is 6.78. The molecule has 0 amide bonds. The first-order valence-electron chi connectivity index (χ1n) is 6.21. The molecule has 7 nitrogen and oxygen atoms in total. The van der Waals surface area contributed by atoms with Gasteiger partial charge in [0.1, 0.15) is 18.1 Å². The van der Waals surface area contributed by atoms with E-state index in [1.54, 1.807) is 12.1 Å². The van der Waals surface area contributed by atoms with Gasteiger partial charge in [0.2, 0.25) is 6.79 Å². The van der Waals surface area contributed by atoms with Crippen LogP contribution in [-0.2, 0) is 6.61 Å². The lowest BCUT2D eigenvalue weighted by Crippen LogP contribution is -2.14. The number of nitrogens with two attached hydrogens (primary N) is 1. The van der Waals surface area contributed by atoms with E-state index in [1.165, 1.54) is 6.20 Å². The number of nitrogens with zero attached hydrogens (tertiary/aromatic N) is 2. The Morgan fingerprint density at radius 2 is 2.14 bits per heavy atom. The fourth-order valence-corrected chi connectivity index (χ4v) is 1.89. The van der Waals surface area contributed by atoms with Crippen molar-refractivity contribution >= 4 is 5.84 Å². The number of ether oxygens (including phenoxy) is 3. The van der Waals surface area contributed by atoms with Crippen molar-refractivity contribution in [3.05, 3.63) is 47.8 Å². The van der Waals surface area contributed by atoms with Crippen molar-refractivity contribution in [3.8, 4) is 17.2 Å². The average molecular weight is 287 g/mol. The Balaban J connectivity index is 1.70. The first kappa shape index (κ1) is 13.0. The van der Waals surface area contributed by atoms with Crippen LogP contribution in [0.4, 0.5) is 0 Å². The SMILES string of the molecule is NC(=NO)c1cc(OCc2ccc3c(c2)OCO3)ccn1. The lowest BCUT2D eigenvalue weighted by Gasteiger charge is -2.08. The van der Waals surface area contributed by atoms with Crippen LogP contribution in [0.25, 0.3) is 0 Å². The standard InChI is InChI=1S/C14H13N3O4/c15-14(17-18)11-6-10(3-4-16-11)19-7-9-1-2-12-13(5-9)21-8-20-12/h1-6,18H,7-8H2,(H2,15,17). The van der Waals surface area contributed by atoms with Gasteiger partial charge in [-0.2, -0.15) is 0 Å². The predicted octanol–water partition coefficient (Wildman–Crippen LogP) is 1.48. The number of rotatable bonds is 4.